The molecule has 1 aromatic rings. The van der Waals surface area contributed by atoms with Crippen molar-refractivity contribution in [1.82, 2.24) is 0 Å². The van der Waals surface area contributed by atoms with Crippen molar-refractivity contribution < 1.29 is 13.9 Å². The summed E-state index contributed by atoms with van der Waals surface area (Å²) in [5, 5.41) is 0. The van der Waals surface area contributed by atoms with Crippen molar-refractivity contribution in [2.24, 2.45) is 0 Å². The van der Waals surface area contributed by atoms with Crippen LogP contribution in [0.4, 0.5) is 0 Å². The standard InChI is InChI=1S/C8H10O3/c1-2-10-6-7-3-4-11-8(7)5-9/h3-5H,2,6H2,1H3. The first kappa shape index (κ1) is 8.01. The Balaban J connectivity index is 2.61. The van der Waals surface area contributed by atoms with E-state index in [0.29, 0.717) is 25.3 Å². The number of furan rings is 1. The average molecular weight is 154 g/mol. The zero-order chi connectivity index (χ0) is 8.10. The van der Waals surface area contributed by atoms with Crippen LogP contribution in [0.3, 0.4) is 0 Å². The predicted octanol–water partition coefficient (Wildman–Crippen LogP) is 1.63. The molecule has 0 aliphatic carbocycles. The molecule has 0 fully saturated rings. The van der Waals surface area contributed by atoms with Gasteiger partial charge in [-0.25, -0.2) is 0 Å². The van der Waals surface area contributed by atoms with Crippen molar-refractivity contribution in [3.8, 4) is 0 Å². The van der Waals surface area contributed by atoms with Crippen LogP contribution in [0.5, 0.6) is 0 Å². The Morgan fingerprint density at radius 3 is 3.18 bits per heavy atom. The minimum atomic E-state index is 0.360. The molecule has 0 aromatic carbocycles. The monoisotopic (exact) mass is 154 g/mol. The lowest BCUT2D eigenvalue weighted by Gasteiger charge is -1.96. The number of carbonyl (C=O) groups is 1. The van der Waals surface area contributed by atoms with E-state index >= 15 is 0 Å². The normalized spacial score (nSPS) is 9.91. The third-order valence-corrected chi connectivity index (χ3v) is 1.35. The molecule has 0 saturated carbocycles. The van der Waals surface area contributed by atoms with Gasteiger partial charge in [-0.05, 0) is 13.0 Å². The first-order valence-corrected chi connectivity index (χ1v) is 3.47. The Hall–Kier alpha value is -1.09. The topological polar surface area (TPSA) is 39.4 Å². The highest BCUT2D eigenvalue weighted by atomic mass is 16.5. The van der Waals surface area contributed by atoms with Gasteiger partial charge in [0, 0.05) is 12.2 Å². The molecule has 0 aliphatic heterocycles. The van der Waals surface area contributed by atoms with Gasteiger partial charge in [0.1, 0.15) is 0 Å². The van der Waals surface area contributed by atoms with Crippen molar-refractivity contribution in [1.29, 1.82) is 0 Å². The lowest BCUT2D eigenvalue weighted by atomic mass is 10.3. The summed E-state index contributed by atoms with van der Waals surface area (Å²) in [5.74, 6) is 0.360. The number of hydrogen-bond donors (Lipinski definition) is 0. The molecule has 0 aliphatic rings. The van der Waals surface area contributed by atoms with E-state index < -0.39 is 0 Å². The second-order valence-electron chi connectivity index (χ2n) is 2.07. The van der Waals surface area contributed by atoms with E-state index in [0.717, 1.165) is 5.56 Å². The van der Waals surface area contributed by atoms with Crippen LogP contribution in [0.25, 0.3) is 0 Å². The lowest BCUT2D eigenvalue weighted by Crippen LogP contribution is -1.92. The minimum absolute atomic E-state index is 0.360. The van der Waals surface area contributed by atoms with Crippen molar-refractivity contribution >= 4 is 6.29 Å². The quantitative estimate of drug-likeness (QED) is 0.619. The maximum Gasteiger partial charge on any atom is 0.185 e. The molecular formula is C8H10O3. The summed E-state index contributed by atoms with van der Waals surface area (Å²) in [5.41, 5.74) is 0.807. The fourth-order valence-corrected chi connectivity index (χ4v) is 0.782. The maximum atomic E-state index is 10.3. The largest absolute Gasteiger partial charge is 0.461 e. The van der Waals surface area contributed by atoms with E-state index in [2.05, 4.69) is 0 Å². The minimum Gasteiger partial charge on any atom is -0.461 e. The van der Waals surface area contributed by atoms with Crippen molar-refractivity contribution in [3.63, 3.8) is 0 Å². The number of aldehydes is 1. The van der Waals surface area contributed by atoms with Crippen LogP contribution in [0.1, 0.15) is 23.0 Å². The van der Waals surface area contributed by atoms with Gasteiger partial charge in [-0.1, -0.05) is 0 Å². The van der Waals surface area contributed by atoms with Gasteiger partial charge in [-0.2, -0.15) is 0 Å². The molecule has 0 spiro atoms. The smallest absolute Gasteiger partial charge is 0.185 e. The van der Waals surface area contributed by atoms with Crippen LogP contribution in [-0.4, -0.2) is 12.9 Å². The predicted molar refractivity (Wildman–Crippen MR) is 39.4 cm³/mol. The summed E-state index contributed by atoms with van der Waals surface area (Å²) < 4.78 is 9.96. The Kier molecular flexibility index (Phi) is 2.86. The van der Waals surface area contributed by atoms with Gasteiger partial charge >= 0.3 is 0 Å². The summed E-state index contributed by atoms with van der Waals surface area (Å²) >= 11 is 0. The van der Waals surface area contributed by atoms with Gasteiger partial charge in [0.2, 0.25) is 0 Å². The van der Waals surface area contributed by atoms with E-state index in [1.54, 1.807) is 6.07 Å². The van der Waals surface area contributed by atoms with E-state index in [1.807, 2.05) is 6.92 Å². The highest BCUT2D eigenvalue weighted by Crippen LogP contribution is 2.08. The number of carbonyl (C=O) groups excluding carboxylic acids is 1. The third kappa shape index (κ3) is 1.91. The molecule has 0 bridgehead atoms. The number of rotatable bonds is 4. The Morgan fingerprint density at radius 1 is 1.73 bits per heavy atom. The second-order valence-corrected chi connectivity index (χ2v) is 2.07. The van der Waals surface area contributed by atoms with Crippen molar-refractivity contribution in [2.45, 2.75) is 13.5 Å². The number of hydrogen-bond acceptors (Lipinski definition) is 3. The molecule has 0 unspecified atom stereocenters. The van der Waals surface area contributed by atoms with E-state index in [4.69, 9.17) is 9.15 Å². The summed E-state index contributed by atoms with van der Waals surface area (Å²) in [4.78, 5) is 10.3. The Labute approximate surface area is 65.0 Å². The Morgan fingerprint density at radius 2 is 2.55 bits per heavy atom. The molecule has 1 heterocycles. The molecule has 1 aromatic heterocycles. The molecule has 0 N–H and O–H groups in total. The first-order chi connectivity index (χ1) is 5.38. The lowest BCUT2D eigenvalue weighted by molar-refractivity contribution is 0.108. The summed E-state index contributed by atoms with van der Waals surface area (Å²) in [6, 6.07) is 1.74. The molecule has 0 atom stereocenters. The number of ether oxygens (including phenoxy) is 1. The summed E-state index contributed by atoms with van der Waals surface area (Å²) in [7, 11) is 0. The van der Waals surface area contributed by atoms with Crippen molar-refractivity contribution in [2.75, 3.05) is 6.61 Å². The van der Waals surface area contributed by atoms with Gasteiger partial charge in [0.25, 0.3) is 0 Å². The van der Waals surface area contributed by atoms with Crippen molar-refractivity contribution in [3.05, 3.63) is 23.7 Å². The molecule has 60 valence electrons. The van der Waals surface area contributed by atoms with Crippen LogP contribution < -0.4 is 0 Å². The second kappa shape index (κ2) is 3.93. The molecule has 3 heteroatoms. The van der Waals surface area contributed by atoms with Crippen LogP contribution in [0.15, 0.2) is 16.7 Å². The molecule has 0 amide bonds. The van der Waals surface area contributed by atoms with Crippen LogP contribution >= 0.6 is 0 Å². The SMILES string of the molecule is CCOCc1ccoc1C=O. The van der Waals surface area contributed by atoms with E-state index in [9.17, 15) is 4.79 Å². The fraction of sp³-hybridized carbons (Fsp3) is 0.375. The van der Waals surface area contributed by atoms with Crippen LogP contribution in [0.2, 0.25) is 0 Å². The molecule has 11 heavy (non-hydrogen) atoms. The van der Waals surface area contributed by atoms with Gasteiger partial charge in [0.05, 0.1) is 12.9 Å². The zero-order valence-electron chi connectivity index (χ0n) is 6.37. The third-order valence-electron chi connectivity index (χ3n) is 1.35. The van der Waals surface area contributed by atoms with Crippen LogP contribution in [0, 0.1) is 0 Å². The zero-order valence-corrected chi connectivity index (χ0v) is 6.37. The molecule has 1 rings (SSSR count). The van der Waals surface area contributed by atoms with Gasteiger partial charge in [-0.15, -0.1) is 0 Å². The van der Waals surface area contributed by atoms with E-state index in [-0.39, 0.29) is 0 Å². The average Bonchev–Trinajstić information content (AvgIpc) is 2.47. The van der Waals surface area contributed by atoms with Gasteiger partial charge < -0.3 is 9.15 Å². The molecule has 0 saturated heterocycles. The molecule has 3 nitrogen and oxygen atoms in total. The molecular weight excluding hydrogens is 144 g/mol. The summed E-state index contributed by atoms with van der Waals surface area (Å²) in [6.07, 6.45) is 2.17. The molecule has 0 radical (unpaired) electrons. The van der Waals surface area contributed by atoms with Gasteiger partial charge in [-0.3, -0.25) is 4.79 Å². The van der Waals surface area contributed by atoms with Crippen LogP contribution in [-0.2, 0) is 11.3 Å². The highest BCUT2D eigenvalue weighted by molar-refractivity contribution is 5.72. The van der Waals surface area contributed by atoms with E-state index in [1.165, 1.54) is 6.26 Å². The van der Waals surface area contributed by atoms with Gasteiger partial charge in [0.15, 0.2) is 12.0 Å². The Bertz CT molecular complexity index is 227. The first-order valence-electron chi connectivity index (χ1n) is 3.47. The maximum absolute atomic E-state index is 10.3. The highest BCUT2D eigenvalue weighted by Gasteiger charge is 2.03. The summed E-state index contributed by atoms with van der Waals surface area (Å²) in [6.45, 7) is 2.99. The fourth-order valence-electron chi connectivity index (χ4n) is 0.782.